The lowest BCUT2D eigenvalue weighted by molar-refractivity contribution is 0.0587. The van der Waals surface area contributed by atoms with Crippen molar-refractivity contribution in [3.8, 4) is 17.2 Å². The highest BCUT2D eigenvalue weighted by atomic mass is 16.6. The van der Waals surface area contributed by atoms with Crippen LogP contribution in [0.2, 0.25) is 0 Å². The molecule has 2 aromatic rings. The molecule has 1 heterocycles. The summed E-state index contributed by atoms with van der Waals surface area (Å²) in [5.41, 5.74) is 1.50. The smallest absolute Gasteiger partial charge is 0.412 e. The van der Waals surface area contributed by atoms with E-state index in [-0.39, 0.29) is 0 Å². The Morgan fingerprint density at radius 1 is 1.13 bits per heavy atom. The molecule has 0 fully saturated rings. The molecular formula is C24H31N3O4. The first-order chi connectivity index (χ1) is 14.5. The van der Waals surface area contributed by atoms with Crippen molar-refractivity contribution in [2.45, 2.75) is 58.5 Å². The van der Waals surface area contributed by atoms with Crippen molar-refractivity contribution < 1.29 is 19.1 Å². The highest BCUT2D eigenvalue weighted by molar-refractivity contribution is 5.95. The van der Waals surface area contributed by atoms with E-state index in [2.05, 4.69) is 11.4 Å². The van der Waals surface area contributed by atoms with Crippen molar-refractivity contribution in [3.63, 3.8) is 0 Å². The third-order valence-corrected chi connectivity index (χ3v) is 5.35. The number of esters is 1. The van der Waals surface area contributed by atoms with E-state index in [0.717, 1.165) is 0 Å². The number of aromatic nitrogens is 1. The standard InChI is InChI=1S/C24H31N3O4/c1-8-24(9-2,15-25)20-17(14-19(27(20)6)21(28)30-7)16-12-10-11-13-18(16)26-22(29)31-23(3,4)5/h10-14H,8-9H2,1-7H3,(H,26,29). The van der Waals surface area contributed by atoms with E-state index < -0.39 is 23.1 Å². The molecule has 0 aliphatic heterocycles. The van der Waals surface area contributed by atoms with Crippen LogP contribution in [0.4, 0.5) is 10.5 Å². The monoisotopic (exact) mass is 425 g/mol. The van der Waals surface area contributed by atoms with Crippen molar-refractivity contribution in [1.82, 2.24) is 4.57 Å². The zero-order chi connectivity index (χ0) is 23.4. The van der Waals surface area contributed by atoms with Crippen LogP contribution in [0.3, 0.4) is 0 Å². The largest absolute Gasteiger partial charge is 0.464 e. The number of para-hydroxylation sites is 1. The zero-order valence-electron chi connectivity index (χ0n) is 19.3. The van der Waals surface area contributed by atoms with Gasteiger partial charge in [0.2, 0.25) is 0 Å². The molecule has 1 aromatic carbocycles. The fourth-order valence-corrected chi connectivity index (χ4v) is 3.72. The molecule has 0 unspecified atom stereocenters. The van der Waals surface area contributed by atoms with Gasteiger partial charge in [-0.2, -0.15) is 5.26 Å². The Labute approximate surface area is 184 Å². The zero-order valence-corrected chi connectivity index (χ0v) is 19.3. The van der Waals surface area contributed by atoms with Crippen LogP contribution in [0.15, 0.2) is 30.3 Å². The van der Waals surface area contributed by atoms with Gasteiger partial charge >= 0.3 is 12.1 Å². The van der Waals surface area contributed by atoms with Crippen LogP contribution in [0.5, 0.6) is 0 Å². The maximum absolute atomic E-state index is 12.4. The third-order valence-electron chi connectivity index (χ3n) is 5.35. The number of rotatable bonds is 6. The minimum atomic E-state index is -0.810. The van der Waals surface area contributed by atoms with Gasteiger partial charge in [0.15, 0.2) is 0 Å². The van der Waals surface area contributed by atoms with Gasteiger partial charge in [0.1, 0.15) is 11.3 Å². The summed E-state index contributed by atoms with van der Waals surface area (Å²) in [7, 11) is 3.08. The Morgan fingerprint density at radius 3 is 2.26 bits per heavy atom. The summed E-state index contributed by atoms with van der Waals surface area (Å²) in [6, 6.07) is 11.4. The van der Waals surface area contributed by atoms with E-state index in [4.69, 9.17) is 9.47 Å². The van der Waals surface area contributed by atoms with E-state index in [0.29, 0.717) is 41.0 Å². The van der Waals surface area contributed by atoms with Gasteiger partial charge in [-0.25, -0.2) is 9.59 Å². The fourth-order valence-electron chi connectivity index (χ4n) is 3.72. The molecule has 7 nitrogen and oxygen atoms in total. The van der Waals surface area contributed by atoms with Crippen molar-refractivity contribution in [2.24, 2.45) is 7.05 Å². The second-order valence-corrected chi connectivity index (χ2v) is 8.42. The average molecular weight is 426 g/mol. The van der Waals surface area contributed by atoms with Gasteiger partial charge in [-0.15, -0.1) is 0 Å². The number of amides is 1. The first-order valence-electron chi connectivity index (χ1n) is 10.3. The molecule has 2 rings (SSSR count). The number of nitriles is 1. The second kappa shape index (κ2) is 9.25. The van der Waals surface area contributed by atoms with Gasteiger partial charge in [-0.3, -0.25) is 5.32 Å². The number of anilines is 1. The summed E-state index contributed by atoms with van der Waals surface area (Å²) >= 11 is 0. The highest BCUT2D eigenvalue weighted by Gasteiger charge is 2.36. The van der Waals surface area contributed by atoms with E-state index in [1.807, 2.05) is 26.0 Å². The summed E-state index contributed by atoms with van der Waals surface area (Å²) in [6.07, 6.45) is 0.545. The molecule has 31 heavy (non-hydrogen) atoms. The average Bonchev–Trinajstić information content (AvgIpc) is 3.06. The summed E-state index contributed by atoms with van der Waals surface area (Å²) in [4.78, 5) is 24.9. The van der Waals surface area contributed by atoms with Crippen molar-refractivity contribution in [3.05, 3.63) is 41.7 Å². The lowest BCUT2D eigenvalue weighted by Crippen LogP contribution is -2.28. The maximum Gasteiger partial charge on any atom is 0.412 e. The number of hydrogen-bond donors (Lipinski definition) is 1. The van der Waals surface area contributed by atoms with Crippen LogP contribution in [0.1, 0.15) is 63.6 Å². The van der Waals surface area contributed by atoms with Crippen LogP contribution in [-0.4, -0.2) is 29.3 Å². The molecule has 0 aliphatic carbocycles. The SMILES string of the molecule is CCC(C#N)(CC)c1c(-c2ccccc2NC(=O)OC(C)(C)C)cc(C(=O)OC)n1C. The van der Waals surface area contributed by atoms with E-state index >= 15 is 0 Å². The van der Waals surface area contributed by atoms with E-state index in [1.165, 1.54) is 7.11 Å². The molecule has 0 radical (unpaired) electrons. The summed E-state index contributed by atoms with van der Waals surface area (Å²) in [5, 5.41) is 12.9. The number of carbonyl (C=O) groups excluding carboxylic acids is 2. The van der Waals surface area contributed by atoms with E-state index in [9.17, 15) is 14.9 Å². The normalized spacial score (nSPS) is 11.5. The number of methoxy groups -OCH3 is 1. The van der Waals surface area contributed by atoms with Crippen LogP contribution in [0.25, 0.3) is 11.1 Å². The number of benzene rings is 1. The Morgan fingerprint density at radius 2 is 1.74 bits per heavy atom. The first kappa shape index (κ1) is 24.0. The predicted molar refractivity (Wildman–Crippen MR) is 120 cm³/mol. The van der Waals surface area contributed by atoms with Gasteiger partial charge < -0.3 is 14.0 Å². The van der Waals surface area contributed by atoms with Crippen molar-refractivity contribution in [1.29, 1.82) is 5.26 Å². The lowest BCUT2D eigenvalue weighted by atomic mass is 9.78. The van der Waals surface area contributed by atoms with Gasteiger partial charge in [-0.05, 0) is 45.7 Å². The Bertz CT molecular complexity index is 1000. The predicted octanol–water partition coefficient (Wildman–Crippen LogP) is 5.41. The number of nitrogens with zero attached hydrogens (tertiary/aromatic N) is 2. The van der Waals surface area contributed by atoms with Crippen molar-refractivity contribution >= 4 is 17.7 Å². The molecule has 0 saturated heterocycles. The fraction of sp³-hybridized carbons (Fsp3) is 0.458. The molecule has 1 N–H and O–H groups in total. The lowest BCUT2D eigenvalue weighted by Gasteiger charge is -2.27. The number of hydrogen-bond acceptors (Lipinski definition) is 5. The number of nitrogens with one attached hydrogen (secondary N) is 1. The minimum Gasteiger partial charge on any atom is -0.464 e. The highest BCUT2D eigenvalue weighted by Crippen LogP contribution is 2.42. The summed E-state index contributed by atoms with van der Waals surface area (Å²) < 4.78 is 12.1. The molecule has 0 spiro atoms. The number of ether oxygens (including phenoxy) is 2. The van der Waals surface area contributed by atoms with Gasteiger partial charge in [0.25, 0.3) is 0 Å². The Hall–Kier alpha value is -3.27. The molecule has 0 bridgehead atoms. The Kier molecular flexibility index (Phi) is 7.17. The molecule has 0 atom stereocenters. The second-order valence-electron chi connectivity index (χ2n) is 8.42. The van der Waals surface area contributed by atoms with Gasteiger partial charge in [0.05, 0.1) is 24.3 Å². The van der Waals surface area contributed by atoms with Crippen LogP contribution >= 0.6 is 0 Å². The Balaban J connectivity index is 2.73. The molecule has 1 aromatic heterocycles. The van der Waals surface area contributed by atoms with E-state index in [1.54, 1.807) is 50.6 Å². The molecular weight excluding hydrogens is 394 g/mol. The van der Waals surface area contributed by atoms with Crippen LogP contribution in [-0.2, 0) is 21.9 Å². The van der Waals surface area contributed by atoms with Crippen LogP contribution < -0.4 is 5.32 Å². The quantitative estimate of drug-likeness (QED) is 0.625. The van der Waals surface area contributed by atoms with Crippen molar-refractivity contribution in [2.75, 3.05) is 12.4 Å². The van der Waals surface area contributed by atoms with Crippen LogP contribution in [0, 0.1) is 11.3 Å². The molecule has 0 saturated carbocycles. The molecule has 0 aliphatic rings. The number of carbonyl (C=O) groups is 2. The van der Waals surface area contributed by atoms with Gasteiger partial charge in [0, 0.05) is 23.9 Å². The maximum atomic E-state index is 12.4. The minimum absolute atomic E-state index is 0.334. The topological polar surface area (TPSA) is 93.3 Å². The first-order valence-corrected chi connectivity index (χ1v) is 10.3. The molecule has 166 valence electrons. The third kappa shape index (κ3) is 4.91. The summed E-state index contributed by atoms with van der Waals surface area (Å²) in [6.45, 7) is 9.28. The molecule has 7 heteroatoms. The summed E-state index contributed by atoms with van der Waals surface area (Å²) in [5.74, 6) is -0.494. The van der Waals surface area contributed by atoms with Gasteiger partial charge in [-0.1, -0.05) is 32.0 Å². The molecule has 1 amide bonds.